The van der Waals surface area contributed by atoms with Crippen molar-refractivity contribution >= 4 is 29.1 Å². The molecule has 2 N–H and O–H groups in total. The van der Waals surface area contributed by atoms with E-state index in [0.29, 0.717) is 18.0 Å². The molecule has 12 heteroatoms. The Morgan fingerprint density at radius 1 is 1.35 bits per heavy atom. The van der Waals surface area contributed by atoms with E-state index in [1.165, 1.54) is 17.7 Å². The number of aromatic nitrogens is 4. The summed E-state index contributed by atoms with van der Waals surface area (Å²) in [7, 11) is 0. The van der Waals surface area contributed by atoms with Crippen molar-refractivity contribution in [3.8, 4) is 0 Å². The summed E-state index contributed by atoms with van der Waals surface area (Å²) in [5.41, 5.74) is 6.03. The minimum absolute atomic E-state index is 0.0361. The standard InChI is InChI=1S/C19H24FN5O6/c1-9(26)29-14-5-13(15(6-20)30-10(2)27)31-17(14)25-16-12(7-22-18(21)23-16)24(19(25)28)8-11-3-4-11/h7,11,13-15,17H,3-6,8H2,1-2H3,(H2,21,22,23)/t13?,14?,15-,17?/m0/s1. The van der Waals surface area contributed by atoms with Gasteiger partial charge in [0.15, 0.2) is 18.0 Å². The maximum absolute atomic E-state index is 13.6. The zero-order valence-electron chi connectivity index (χ0n) is 17.2. The van der Waals surface area contributed by atoms with Crippen LogP contribution >= 0.6 is 0 Å². The van der Waals surface area contributed by atoms with Gasteiger partial charge in [-0.15, -0.1) is 0 Å². The highest BCUT2D eigenvalue weighted by Crippen LogP contribution is 2.36. The van der Waals surface area contributed by atoms with Gasteiger partial charge in [-0.1, -0.05) is 0 Å². The van der Waals surface area contributed by atoms with E-state index < -0.39 is 48.8 Å². The largest absolute Gasteiger partial charge is 0.458 e. The molecule has 168 valence electrons. The Kier molecular flexibility index (Phi) is 5.65. The summed E-state index contributed by atoms with van der Waals surface area (Å²) in [5.74, 6) is -0.912. The number of nitrogens with two attached hydrogens (primary N) is 1. The van der Waals surface area contributed by atoms with Gasteiger partial charge in [0.1, 0.15) is 24.4 Å². The van der Waals surface area contributed by atoms with Gasteiger partial charge in [-0.3, -0.25) is 14.2 Å². The Morgan fingerprint density at radius 3 is 2.71 bits per heavy atom. The van der Waals surface area contributed by atoms with E-state index >= 15 is 0 Å². The summed E-state index contributed by atoms with van der Waals surface area (Å²) >= 11 is 0. The number of hydrogen-bond acceptors (Lipinski definition) is 9. The molecule has 0 spiro atoms. The second-order valence-corrected chi connectivity index (χ2v) is 7.89. The number of ether oxygens (including phenoxy) is 3. The van der Waals surface area contributed by atoms with Crippen LogP contribution in [0.3, 0.4) is 0 Å². The van der Waals surface area contributed by atoms with Gasteiger partial charge in [0, 0.05) is 26.8 Å². The Bertz CT molecular complexity index is 1060. The smallest absolute Gasteiger partial charge is 0.332 e. The van der Waals surface area contributed by atoms with Crippen LogP contribution in [0, 0.1) is 5.92 Å². The first-order valence-corrected chi connectivity index (χ1v) is 10.1. The van der Waals surface area contributed by atoms with Crippen LogP contribution in [0.15, 0.2) is 11.0 Å². The third kappa shape index (κ3) is 4.24. The summed E-state index contributed by atoms with van der Waals surface area (Å²) in [5, 5.41) is 0. The Balaban J connectivity index is 1.77. The first-order chi connectivity index (χ1) is 14.8. The van der Waals surface area contributed by atoms with E-state index in [0.717, 1.165) is 19.8 Å². The van der Waals surface area contributed by atoms with Crippen molar-refractivity contribution in [1.29, 1.82) is 0 Å². The van der Waals surface area contributed by atoms with Gasteiger partial charge in [0.2, 0.25) is 5.95 Å². The quantitative estimate of drug-likeness (QED) is 0.620. The predicted molar refractivity (Wildman–Crippen MR) is 105 cm³/mol. The van der Waals surface area contributed by atoms with E-state index in [2.05, 4.69) is 9.97 Å². The third-order valence-corrected chi connectivity index (χ3v) is 5.42. The van der Waals surface area contributed by atoms with Crippen molar-refractivity contribution in [1.82, 2.24) is 19.1 Å². The van der Waals surface area contributed by atoms with Gasteiger partial charge >= 0.3 is 17.6 Å². The molecule has 11 nitrogen and oxygen atoms in total. The molecule has 0 bridgehead atoms. The van der Waals surface area contributed by atoms with Gasteiger partial charge in [0.25, 0.3) is 0 Å². The number of hydrogen-bond donors (Lipinski definition) is 1. The molecule has 2 aromatic heterocycles. The van der Waals surface area contributed by atoms with Crippen LogP contribution in [0.1, 0.15) is 39.3 Å². The molecule has 4 atom stereocenters. The number of nitrogens with zero attached hydrogens (tertiary/aromatic N) is 4. The number of imidazole rings is 1. The number of esters is 2. The first-order valence-electron chi connectivity index (χ1n) is 10.1. The predicted octanol–water partition coefficient (Wildman–Crippen LogP) is 0.706. The maximum atomic E-state index is 13.6. The fourth-order valence-corrected chi connectivity index (χ4v) is 3.91. The molecule has 3 heterocycles. The van der Waals surface area contributed by atoms with Crippen molar-refractivity contribution in [3.05, 3.63) is 16.7 Å². The average molecular weight is 437 g/mol. The SMILES string of the molecule is CC(=O)OC1CC([C@H](CF)OC(C)=O)OC1n1c(=O)n(CC2CC2)c2cnc(N)nc21. The normalized spacial score (nSPS) is 24.3. The number of anilines is 1. The highest BCUT2D eigenvalue weighted by atomic mass is 19.1. The molecule has 1 saturated carbocycles. The zero-order valence-corrected chi connectivity index (χ0v) is 17.2. The molecule has 2 fully saturated rings. The van der Waals surface area contributed by atoms with Crippen LogP contribution in [0.2, 0.25) is 0 Å². The van der Waals surface area contributed by atoms with Gasteiger partial charge in [0.05, 0.1) is 6.20 Å². The lowest BCUT2D eigenvalue weighted by atomic mass is 10.1. The Labute approximate surface area is 176 Å². The zero-order chi connectivity index (χ0) is 22.3. The molecule has 2 aromatic rings. The molecule has 3 unspecified atom stereocenters. The summed E-state index contributed by atoms with van der Waals surface area (Å²) < 4.78 is 32.7. The monoisotopic (exact) mass is 437 g/mol. The molecule has 1 saturated heterocycles. The van der Waals surface area contributed by atoms with Crippen molar-refractivity contribution in [2.75, 3.05) is 12.4 Å². The van der Waals surface area contributed by atoms with Crippen LogP contribution in [0.25, 0.3) is 11.2 Å². The number of nitrogen functional groups attached to an aromatic ring is 1. The maximum Gasteiger partial charge on any atom is 0.332 e. The number of carbonyl (C=O) groups excluding carboxylic acids is 2. The van der Waals surface area contributed by atoms with Gasteiger partial charge in [-0.05, 0) is 18.8 Å². The highest BCUT2D eigenvalue weighted by Gasteiger charge is 2.45. The molecule has 0 aromatic carbocycles. The molecular formula is C19H24FN5O6. The van der Waals surface area contributed by atoms with Crippen LogP contribution in [-0.2, 0) is 30.3 Å². The highest BCUT2D eigenvalue weighted by molar-refractivity contribution is 5.72. The number of rotatable bonds is 7. The fourth-order valence-electron chi connectivity index (χ4n) is 3.91. The van der Waals surface area contributed by atoms with E-state index in [1.807, 2.05) is 0 Å². The lowest BCUT2D eigenvalue weighted by Crippen LogP contribution is -2.34. The molecule has 0 amide bonds. The second kappa shape index (κ2) is 8.25. The Hall–Kier alpha value is -3.02. The second-order valence-electron chi connectivity index (χ2n) is 7.89. The van der Waals surface area contributed by atoms with Crippen molar-refractivity contribution in [2.45, 2.75) is 64.2 Å². The van der Waals surface area contributed by atoms with E-state index in [4.69, 9.17) is 19.9 Å². The van der Waals surface area contributed by atoms with Crippen molar-refractivity contribution in [3.63, 3.8) is 0 Å². The molecule has 1 aliphatic carbocycles. The van der Waals surface area contributed by atoms with Gasteiger partial charge in [-0.25, -0.2) is 18.7 Å². The Morgan fingerprint density at radius 2 is 2.10 bits per heavy atom. The molecule has 1 aliphatic heterocycles. The van der Waals surface area contributed by atoms with Crippen LogP contribution in [0.5, 0.6) is 0 Å². The number of fused-ring (bicyclic) bond motifs is 1. The van der Waals surface area contributed by atoms with E-state index in [9.17, 15) is 18.8 Å². The summed E-state index contributed by atoms with van der Waals surface area (Å²) in [6, 6.07) is 0. The van der Waals surface area contributed by atoms with Crippen molar-refractivity contribution in [2.24, 2.45) is 5.92 Å². The molecular weight excluding hydrogens is 413 g/mol. The number of carbonyl (C=O) groups is 2. The number of halogens is 1. The van der Waals surface area contributed by atoms with Gasteiger partial charge in [-0.2, -0.15) is 4.98 Å². The van der Waals surface area contributed by atoms with Crippen LogP contribution in [-0.4, -0.2) is 56.0 Å². The van der Waals surface area contributed by atoms with E-state index in [-0.39, 0.29) is 18.0 Å². The van der Waals surface area contributed by atoms with Crippen LogP contribution < -0.4 is 11.4 Å². The molecule has 0 radical (unpaired) electrons. The van der Waals surface area contributed by atoms with Crippen molar-refractivity contribution < 1.29 is 28.2 Å². The molecule has 4 rings (SSSR count). The molecule has 2 aliphatic rings. The average Bonchev–Trinajstić information content (AvgIpc) is 3.38. The minimum Gasteiger partial charge on any atom is -0.458 e. The minimum atomic E-state index is -1.20. The fraction of sp³-hybridized carbons (Fsp3) is 0.632. The molecule has 31 heavy (non-hydrogen) atoms. The van der Waals surface area contributed by atoms with Crippen LogP contribution in [0.4, 0.5) is 10.3 Å². The summed E-state index contributed by atoms with van der Waals surface area (Å²) in [6.45, 7) is 1.89. The number of alkyl halides is 1. The van der Waals surface area contributed by atoms with Gasteiger partial charge < -0.3 is 19.9 Å². The summed E-state index contributed by atoms with van der Waals surface area (Å²) in [4.78, 5) is 44.6. The van der Waals surface area contributed by atoms with E-state index in [1.54, 1.807) is 4.57 Å². The third-order valence-electron chi connectivity index (χ3n) is 5.42. The summed E-state index contributed by atoms with van der Waals surface area (Å²) in [6.07, 6.45) is -0.583. The first kappa shape index (κ1) is 21.2. The lowest BCUT2D eigenvalue weighted by molar-refractivity contribution is -0.159. The topological polar surface area (TPSA) is 141 Å². The lowest BCUT2D eigenvalue weighted by Gasteiger charge is -2.21.